The lowest BCUT2D eigenvalue weighted by Gasteiger charge is -2.40. The van der Waals surface area contributed by atoms with Crippen LogP contribution in [0.5, 0.6) is 0 Å². The molecule has 2 N–H and O–H groups in total. The summed E-state index contributed by atoms with van der Waals surface area (Å²) in [6, 6.07) is 21.6. The van der Waals surface area contributed by atoms with Gasteiger partial charge < -0.3 is 14.9 Å². The number of aryl methyl sites for hydroxylation is 1. The maximum absolute atomic E-state index is 13.5. The maximum Gasteiger partial charge on any atom is 0.123 e. The molecule has 0 unspecified atom stereocenters. The van der Waals surface area contributed by atoms with Gasteiger partial charge in [0.1, 0.15) is 11.6 Å². The molecule has 5 nitrogen and oxygen atoms in total. The fraction of sp³-hybridized carbons (Fsp3) is 0.296. The fourth-order valence-electron chi connectivity index (χ4n) is 4.80. The average molecular weight is 465 g/mol. The largest absolute Gasteiger partial charge is 0.412 e. The van der Waals surface area contributed by atoms with Crippen LogP contribution < -0.4 is 0 Å². The van der Waals surface area contributed by atoms with Crippen LogP contribution in [0.3, 0.4) is 0 Å². The van der Waals surface area contributed by atoms with Crippen LogP contribution in [0.25, 0.3) is 11.0 Å². The van der Waals surface area contributed by atoms with Crippen molar-refractivity contribution in [2.45, 2.75) is 19.0 Å². The first-order valence-electron chi connectivity index (χ1n) is 11.5. The average Bonchev–Trinajstić information content (AvgIpc) is 3.26. The van der Waals surface area contributed by atoms with E-state index in [2.05, 4.69) is 31.5 Å². The second kappa shape index (κ2) is 10.9. The predicted molar refractivity (Wildman–Crippen MR) is 131 cm³/mol. The number of imidazole rings is 1. The van der Waals surface area contributed by atoms with Crippen LogP contribution in [0.4, 0.5) is 8.78 Å². The monoisotopic (exact) mass is 464 g/mol. The number of piperazine rings is 1. The number of nitrogens with zero attached hydrogens (tertiary/aromatic N) is 4. The number of rotatable bonds is 7. The summed E-state index contributed by atoms with van der Waals surface area (Å²) in [5.74, 6) is -0.487. The summed E-state index contributed by atoms with van der Waals surface area (Å²) in [7, 11) is 0. The summed E-state index contributed by atoms with van der Waals surface area (Å²) < 4.78 is 29.3. The molecular formula is C27H30F2N4O. The molecule has 178 valence electrons. The van der Waals surface area contributed by atoms with Crippen LogP contribution in [0.15, 0.2) is 79.1 Å². The molecule has 7 heteroatoms. The van der Waals surface area contributed by atoms with Crippen molar-refractivity contribution >= 4 is 11.0 Å². The van der Waals surface area contributed by atoms with Crippen molar-refractivity contribution in [1.29, 1.82) is 0 Å². The van der Waals surface area contributed by atoms with Crippen molar-refractivity contribution in [2.75, 3.05) is 32.7 Å². The fourth-order valence-corrected chi connectivity index (χ4v) is 4.80. The van der Waals surface area contributed by atoms with E-state index in [-0.39, 0.29) is 23.2 Å². The Kier molecular flexibility index (Phi) is 7.67. The van der Waals surface area contributed by atoms with E-state index in [1.165, 1.54) is 29.8 Å². The highest BCUT2D eigenvalue weighted by Crippen LogP contribution is 2.30. The minimum atomic E-state index is -0.243. The zero-order valence-corrected chi connectivity index (χ0v) is 19.1. The highest BCUT2D eigenvalue weighted by molar-refractivity contribution is 5.74. The van der Waals surface area contributed by atoms with E-state index in [1.54, 1.807) is 0 Å². The van der Waals surface area contributed by atoms with Gasteiger partial charge in [-0.1, -0.05) is 36.4 Å². The molecular weight excluding hydrogens is 434 g/mol. The highest BCUT2D eigenvalue weighted by atomic mass is 19.1. The second-order valence-electron chi connectivity index (χ2n) is 8.66. The highest BCUT2D eigenvalue weighted by Gasteiger charge is 2.26. The van der Waals surface area contributed by atoms with Crippen LogP contribution >= 0.6 is 0 Å². The molecule has 3 aromatic carbocycles. The molecule has 4 aromatic rings. The molecule has 0 radical (unpaired) electrons. The van der Waals surface area contributed by atoms with Crippen LogP contribution in [0.1, 0.15) is 23.6 Å². The number of halogens is 2. The van der Waals surface area contributed by atoms with Gasteiger partial charge in [0.05, 0.1) is 23.4 Å². The van der Waals surface area contributed by atoms with Gasteiger partial charge in [0.15, 0.2) is 0 Å². The number of hydrogen-bond donors (Lipinski definition) is 0. The summed E-state index contributed by atoms with van der Waals surface area (Å²) in [6.45, 7) is 5.76. The molecule has 0 aliphatic carbocycles. The molecule has 0 spiro atoms. The molecule has 1 saturated heterocycles. The lowest BCUT2D eigenvalue weighted by Crippen LogP contribution is -2.48. The van der Waals surface area contributed by atoms with Gasteiger partial charge in [-0.05, 0) is 60.5 Å². The summed E-state index contributed by atoms with van der Waals surface area (Å²) >= 11 is 0. The molecule has 0 bridgehead atoms. The zero-order valence-electron chi connectivity index (χ0n) is 19.1. The van der Waals surface area contributed by atoms with Crippen molar-refractivity contribution in [3.8, 4) is 0 Å². The molecule has 5 rings (SSSR count). The normalized spacial score (nSPS) is 15.0. The first-order chi connectivity index (χ1) is 16.2. The zero-order chi connectivity index (χ0) is 22.6. The van der Waals surface area contributed by atoms with E-state index in [9.17, 15) is 8.78 Å². The van der Waals surface area contributed by atoms with E-state index in [0.717, 1.165) is 62.3 Å². The molecule has 34 heavy (non-hydrogen) atoms. The number of hydrogen-bond acceptors (Lipinski definition) is 3. The van der Waals surface area contributed by atoms with Gasteiger partial charge >= 0.3 is 0 Å². The van der Waals surface area contributed by atoms with E-state index in [0.29, 0.717) is 0 Å². The van der Waals surface area contributed by atoms with Gasteiger partial charge in [-0.25, -0.2) is 13.8 Å². The third kappa shape index (κ3) is 5.33. The summed E-state index contributed by atoms with van der Waals surface area (Å²) in [6.07, 6.45) is 3.00. The second-order valence-corrected chi connectivity index (χ2v) is 8.66. The number of benzene rings is 3. The molecule has 1 fully saturated rings. The quantitative estimate of drug-likeness (QED) is 0.410. The van der Waals surface area contributed by atoms with Crippen LogP contribution in [0.2, 0.25) is 0 Å². The molecule has 0 atom stereocenters. The Labute approximate surface area is 198 Å². The molecule has 0 saturated carbocycles. The number of fused-ring (bicyclic) bond motifs is 1. The van der Waals surface area contributed by atoms with Crippen LogP contribution in [0, 0.1) is 11.6 Å². The molecule has 2 heterocycles. The third-order valence-electron chi connectivity index (χ3n) is 6.54. The minimum Gasteiger partial charge on any atom is -0.412 e. The number of aromatic nitrogens is 2. The molecule has 1 aromatic heterocycles. The first kappa shape index (κ1) is 24.0. The van der Waals surface area contributed by atoms with Gasteiger partial charge in [0.2, 0.25) is 0 Å². The van der Waals surface area contributed by atoms with Gasteiger partial charge in [-0.2, -0.15) is 0 Å². The molecule has 1 aliphatic heterocycles. The van der Waals surface area contributed by atoms with E-state index in [4.69, 9.17) is 0 Å². The SMILES string of the molecule is Fc1ccc(C(c2ccc(F)cc2)N2CCN(CCCn3cnc4ccccc43)CC2)cc1.O. The Morgan fingerprint density at radius 3 is 1.94 bits per heavy atom. The van der Waals surface area contributed by atoms with Gasteiger partial charge in [-0.3, -0.25) is 4.90 Å². The first-order valence-corrected chi connectivity index (χ1v) is 11.5. The Bertz CT molecular complexity index is 1140. The van der Waals surface area contributed by atoms with E-state index >= 15 is 0 Å². The Morgan fingerprint density at radius 1 is 0.735 bits per heavy atom. The van der Waals surface area contributed by atoms with Gasteiger partial charge in [0, 0.05) is 32.7 Å². The maximum atomic E-state index is 13.5. The van der Waals surface area contributed by atoms with E-state index < -0.39 is 0 Å². The van der Waals surface area contributed by atoms with Gasteiger partial charge in [-0.15, -0.1) is 0 Å². The Morgan fingerprint density at radius 2 is 1.32 bits per heavy atom. The van der Waals surface area contributed by atoms with Crippen LogP contribution in [-0.2, 0) is 6.54 Å². The van der Waals surface area contributed by atoms with E-state index in [1.807, 2.05) is 42.7 Å². The smallest absolute Gasteiger partial charge is 0.123 e. The lowest BCUT2D eigenvalue weighted by molar-refractivity contribution is 0.108. The van der Waals surface area contributed by atoms with Crippen molar-refractivity contribution in [3.05, 3.63) is 102 Å². The minimum absolute atomic E-state index is 0. The van der Waals surface area contributed by atoms with Crippen LogP contribution in [-0.4, -0.2) is 57.6 Å². The Balaban J connectivity index is 0.00000274. The summed E-state index contributed by atoms with van der Waals surface area (Å²) in [4.78, 5) is 9.40. The molecule has 0 amide bonds. The lowest BCUT2D eigenvalue weighted by atomic mass is 9.96. The number of para-hydroxylation sites is 2. The van der Waals surface area contributed by atoms with Crippen molar-refractivity contribution in [1.82, 2.24) is 19.4 Å². The Hall–Kier alpha value is -3.13. The van der Waals surface area contributed by atoms with Crippen molar-refractivity contribution in [2.24, 2.45) is 0 Å². The van der Waals surface area contributed by atoms with Gasteiger partial charge in [0.25, 0.3) is 0 Å². The summed E-state index contributed by atoms with van der Waals surface area (Å²) in [5, 5.41) is 0. The standard InChI is InChI=1S/C27H28F2N4.H2O/c28-23-10-6-21(7-11-23)27(22-8-12-24(29)13-9-22)32-18-16-31(17-19-32)14-3-15-33-20-30-25-4-1-2-5-26(25)33;/h1-2,4-13,20,27H,3,14-19H2;1H2. The summed E-state index contributed by atoms with van der Waals surface area (Å²) in [5.41, 5.74) is 4.29. The predicted octanol–water partition coefficient (Wildman–Crippen LogP) is 4.29. The van der Waals surface area contributed by atoms with Crippen molar-refractivity contribution < 1.29 is 14.3 Å². The van der Waals surface area contributed by atoms with Crippen molar-refractivity contribution in [3.63, 3.8) is 0 Å². The third-order valence-corrected chi connectivity index (χ3v) is 6.54. The topological polar surface area (TPSA) is 55.8 Å². The molecule has 1 aliphatic rings.